The van der Waals surface area contributed by atoms with Crippen LogP contribution in [0.4, 0.5) is 0 Å². The molecule has 0 nitrogen and oxygen atoms in total. The van der Waals surface area contributed by atoms with Crippen molar-refractivity contribution in [1.82, 2.24) is 0 Å². The Morgan fingerprint density at radius 3 is 0.333 bits per heavy atom. The number of rotatable bonds is 0. The quantitative estimate of drug-likeness (QED) is 0.524. The van der Waals surface area contributed by atoms with Crippen molar-refractivity contribution in [2.45, 2.75) is 0 Å². The number of hydrogen-bond acceptors (Lipinski definition) is 0. The second-order valence-corrected chi connectivity index (χ2v) is 3.08. The molecule has 16 radical (unpaired) electrons. The van der Waals surface area contributed by atoms with Crippen LogP contribution >= 0.6 is 0 Å². The van der Waals surface area contributed by atoms with Gasteiger partial charge in [0.05, 0.1) is 0 Å². The molecule has 0 saturated heterocycles. The van der Waals surface area contributed by atoms with E-state index < -0.39 is 0 Å². The molecule has 0 aliphatic heterocycles. The van der Waals surface area contributed by atoms with Crippen LogP contribution in [-0.4, -0.2) is 0 Å². The first kappa shape index (κ1) is 23.3. The van der Waals surface area contributed by atoms with Crippen LogP contribution in [0, 0.1) is 144 Å². The van der Waals surface area contributed by atoms with Gasteiger partial charge in [-0.15, -0.1) is 0 Å². The average Bonchev–Trinajstić information content (AvgIpc) is 2.15. The van der Waals surface area contributed by atoms with Crippen molar-refractivity contribution in [3.63, 3.8) is 0 Å². The molecule has 2 aliphatic rings. The van der Waals surface area contributed by atoms with E-state index in [1.54, 1.807) is 0 Å². The first-order valence-corrected chi connectivity index (χ1v) is 5.33. The van der Waals surface area contributed by atoms with E-state index in [0.717, 1.165) is 0 Å². The maximum absolute atomic E-state index is 2.00. The second kappa shape index (κ2) is 20.0. The van der Waals surface area contributed by atoms with Crippen molar-refractivity contribution < 1.29 is 93.1 Å². The molecule has 0 spiro atoms. The second-order valence-electron chi connectivity index (χ2n) is 3.08. The normalized spacial score (nSPS) is 21.3. The summed E-state index contributed by atoms with van der Waals surface area (Å²) in [6, 6.07) is 0. The third-order valence-electron chi connectivity index (χ3n) is 1.78. The van der Waals surface area contributed by atoms with Gasteiger partial charge in [-0.05, 0) is 103 Å². The van der Waals surface area contributed by atoms with Gasteiger partial charge in [-0.1, -0.05) is 0 Å². The van der Waals surface area contributed by atoms with Crippen molar-refractivity contribution in [2.24, 2.45) is 0 Å². The first-order valence-electron chi connectivity index (χ1n) is 5.33. The first-order chi connectivity index (χ1) is 8.00. The minimum Gasteiger partial charge on any atom is -0.0312 e. The molecule has 0 aromatic rings. The van der Waals surface area contributed by atoms with Crippen molar-refractivity contribution in [1.29, 1.82) is 0 Å². The van der Waals surface area contributed by atoms with Crippen LogP contribution in [0.15, 0.2) is 0 Å². The standard InChI is InChI=1S/2C8H8.Ce.K/c2*1-2-4-6-8-7-5-3-1;;/h2*1-8H;;/q;;;+1. The minimum absolute atomic E-state index is 0. The van der Waals surface area contributed by atoms with Crippen LogP contribution in [-0.2, 0) is 0 Å². The zero-order valence-corrected chi connectivity index (χ0v) is 17.0. The number of hydrogen-bond donors (Lipinski definition) is 0. The molecule has 2 aliphatic carbocycles. The molecule has 18 heavy (non-hydrogen) atoms. The third kappa shape index (κ3) is 17.1. The van der Waals surface area contributed by atoms with E-state index in [1.807, 2.05) is 103 Å². The largest absolute Gasteiger partial charge is 1.00 e. The van der Waals surface area contributed by atoms with E-state index in [4.69, 9.17) is 0 Å². The summed E-state index contributed by atoms with van der Waals surface area (Å²) in [6.07, 6.45) is 32.0. The molecule has 0 bridgehead atoms. The van der Waals surface area contributed by atoms with E-state index in [0.29, 0.717) is 0 Å². The minimum atomic E-state index is 0. The predicted octanol–water partition coefficient (Wildman–Crippen LogP) is 0.273. The van der Waals surface area contributed by atoms with Crippen LogP contribution in [0.3, 0.4) is 0 Å². The predicted molar refractivity (Wildman–Crippen MR) is 68.8 cm³/mol. The molecule has 2 saturated carbocycles. The molecule has 0 aromatic carbocycles. The van der Waals surface area contributed by atoms with Gasteiger partial charge in [-0.2, -0.15) is 0 Å². The fourth-order valence-corrected chi connectivity index (χ4v) is 1.03. The molecule has 0 atom stereocenters. The van der Waals surface area contributed by atoms with Crippen LogP contribution < -0.4 is 51.4 Å². The third-order valence-corrected chi connectivity index (χ3v) is 1.78. The van der Waals surface area contributed by atoms with Gasteiger partial charge in [0.25, 0.3) is 0 Å². The molecule has 0 amide bonds. The van der Waals surface area contributed by atoms with E-state index in [1.165, 1.54) is 0 Å². The van der Waals surface area contributed by atoms with Crippen molar-refractivity contribution in [3.8, 4) is 0 Å². The molecule has 2 fully saturated rings. The fourth-order valence-electron chi connectivity index (χ4n) is 1.03. The van der Waals surface area contributed by atoms with E-state index in [-0.39, 0.29) is 93.1 Å². The van der Waals surface area contributed by atoms with Gasteiger partial charge in [0, 0.05) is 41.7 Å². The monoisotopic (exact) mass is 387 g/mol. The Balaban J connectivity index is 0. The summed E-state index contributed by atoms with van der Waals surface area (Å²) in [4.78, 5) is 0. The molecule has 0 heterocycles. The van der Waals surface area contributed by atoms with Gasteiger partial charge in [-0.25, -0.2) is 0 Å². The smallest absolute Gasteiger partial charge is 0.0312 e. The molecular formula is C16H16CeK+. The zero-order valence-electron chi connectivity index (χ0n) is 10.7. The topological polar surface area (TPSA) is 0 Å². The van der Waals surface area contributed by atoms with Crippen LogP contribution in [0.25, 0.3) is 0 Å². The Morgan fingerprint density at radius 2 is 0.278 bits per heavy atom. The van der Waals surface area contributed by atoms with Gasteiger partial charge in [0.2, 0.25) is 0 Å². The van der Waals surface area contributed by atoms with Gasteiger partial charge >= 0.3 is 51.4 Å². The molecule has 0 unspecified atom stereocenters. The van der Waals surface area contributed by atoms with E-state index >= 15 is 0 Å². The molecule has 2 heteroatoms. The van der Waals surface area contributed by atoms with Gasteiger partial charge < -0.3 is 0 Å². The van der Waals surface area contributed by atoms with E-state index in [9.17, 15) is 0 Å². The Bertz CT molecular complexity index is 75.1. The van der Waals surface area contributed by atoms with Crippen LogP contribution in [0.1, 0.15) is 0 Å². The molecule has 2 rings (SSSR count). The van der Waals surface area contributed by atoms with Crippen LogP contribution in [0.2, 0.25) is 0 Å². The molecule has 0 N–H and O–H groups in total. The Kier molecular flexibility index (Phi) is 25.9. The molecule has 84 valence electrons. The molecule has 0 aromatic heterocycles. The van der Waals surface area contributed by atoms with Crippen molar-refractivity contribution >= 4 is 0 Å². The van der Waals surface area contributed by atoms with Gasteiger partial charge in [-0.3, -0.25) is 0 Å². The fraction of sp³-hybridized carbons (Fsp3) is 0. The maximum Gasteiger partial charge on any atom is 1.00 e. The summed E-state index contributed by atoms with van der Waals surface area (Å²) in [6.45, 7) is 0. The van der Waals surface area contributed by atoms with Gasteiger partial charge in [0.1, 0.15) is 0 Å². The summed E-state index contributed by atoms with van der Waals surface area (Å²) < 4.78 is 0. The summed E-state index contributed by atoms with van der Waals surface area (Å²) in [5, 5.41) is 0. The van der Waals surface area contributed by atoms with Crippen molar-refractivity contribution in [2.75, 3.05) is 0 Å². The Morgan fingerprint density at radius 1 is 0.222 bits per heavy atom. The van der Waals surface area contributed by atoms with Crippen LogP contribution in [0.5, 0.6) is 0 Å². The SMILES string of the molecule is [CH]1[CH][CH][CH][CH][CH][CH][CH]1.[CH]1[CH][CH][CH][CH][CH][CH][CH]1.[Ce].[K+]. The summed E-state index contributed by atoms with van der Waals surface area (Å²) in [5.41, 5.74) is 0. The molecular weight excluding hydrogens is 371 g/mol. The van der Waals surface area contributed by atoms with Crippen molar-refractivity contribution in [3.05, 3.63) is 103 Å². The average molecular weight is 388 g/mol. The Hall–Kier alpha value is 3.01. The maximum atomic E-state index is 2.00. The van der Waals surface area contributed by atoms with Gasteiger partial charge in [0.15, 0.2) is 0 Å². The Labute approximate surface area is 192 Å². The van der Waals surface area contributed by atoms with E-state index in [2.05, 4.69) is 0 Å². The zero-order chi connectivity index (χ0) is 11.3. The summed E-state index contributed by atoms with van der Waals surface area (Å²) in [5.74, 6) is 0. The summed E-state index contributed by atoms with van der Waals surface area (Å²) in [7, 11) is 0. The summed E-state index contributed by atoms with van der Waals surface area (Å²) >= 11 is 0.